The zero-order valence-corrected chi connectivity index (χ0v) is 18.3. The van der Waals surface area contributed by atoms with Gasteiger partial charge in [-0.15, -0.1) is 0 Å². The van der Waals surface area contributed by atoms with Crippen molar-refractivity contribution in [1.82, 2.24) is 10.6 Å². The first-order chi connectivity index (χ1) is 15.2. The Labute approximate surface area is 187 Å². The van der Waals surface area contributed by atoms with Gasteiger partial charge in [-0.1, -0.05) is 62.7 Å². The van der Waals surface area contributed by atoms with E-state index in [1.807, 2.05) is 44.2 Å². The fraction of sp³-hybridized carbons (Fsp3) is 0.375. The normalized spacial score (nSPS) is 14.6. The summed E-state index contributed by atoms with van der Waals surface area (Å²) in [6.07, 6.45) is 0.925. The number of aliphatic carboxylic acids is 1. The molecule has 172 valence electrons. The number of phenols is 1. The first-order valence-corrected chi connectivity index (χ1v) is 10.6. The second kappa shape index (κ2) is 11.9. The van der Waals surface area contributed by atoms with E-state index in [0.29, 0.717) is 12.0 Å². The summed E-state index contributed by atoms with van der Waals surface area (Å²) in [7, 11) is 0. The Morgan fingerprint density at radius 2 is 1.41 bits per heavy atom. The number of benzene rings is 2. The van der Waals surface area contributed by atoms with Crippen LogP contribution in [-0.4, -0.2) is 46.1 Å². The predicted octanol–water partition coefficient (Wildman–Crippen LogP) is 1.61. The van der Waals surface area contributed by atoms with Crippen LogP contribution >= 0.6 is 0 Å². The van der Waals surface area contributed by atoms with E-state index in [9.17, 15) is 24.6 Å². The average molecular weight is 442 g/mol. The molecule has 8 heteroatoms. The highest BCUT2D eigenvalue weighted by atomic mass is 16.4. The highest BCUT2D eigenvalue weighted by Crippen LogP contribution is 2.12. The minimum absolute atomic E-state index is 0.0275. The summed E-state index contributed by atoms with van der Waals surface area (Å²) in [6.45, 7) is 3.78. The van der Waals surface area contributed by atoms with E-state index in [1.165, 1.54) is 12.1 Å². The molecule has 4 unspecified atom stereocenters. The van der Waals surface area contributed by atoms with Crippen LogP contribution in [0.25, 0.3) is 0 Å². The van der Waals surface area contributed by atoms with Crippen molar-refractivity contribution in [3.8, 4) is 5.75 Å². The van der Waals surface area contributed by atoms with Gasteiger partial charge in [0.25, 0.3) is 0 Å². The van der Waals surface area contributed by atoms with E-state index in [2.05, 4.69) is 10.6 Å². The van der Waals surface area contributed by atoms with Crippen molar-refractivity contribution in [2.24, 2.45) is 11.7 Å². The highest BCUT2D eigenvalue weighted by molar-refractivity contribution is 5.92. The first kappa shape index (κ1) is 24.9. The molecule has 8 nitrogen and oxygen atoms in total. The second-order valence-electron chi connectivity index (χ2n) is 7.93. The Bertz CT molecular complexity index is 902. The van der Waals surface area contributed by atoms with Gasteiger partial charge in [0.15, 0.2) is 0 Å². The molecule has 2 amide bonds. The Morgan fingerprint density at radius 1 is 0.875 bits per heavy atom. The number of carboxylic acid groups (broad SMARTS) is 1. The summed E-state index contributed by atoms with van der Waals surface area (Å²) in [6, 6.07) is 12.2. The Kier molecular flexibility index (Phi) is 9.22. The van der Waals surface area contributed by atoms with Gasteiger partial charge in [0.2, 0.25) is 11.8 Å². The minimum atomic E-state index is -1.20. The van der Waals surface area contributed by atoms with E-state index in [-0.39, 0.29) is 24.5 Å². The Hall–Kier alpha value is -3.39. The fourth-order valence-corrected chi connectivity index (χ4v) is 3.18. The van der Waals surface area contributed by atoms with Crippen LogP contribution in [-0.2, 0) is 27.2 Å². The molecule has 2 aromatic rings. The second-order valence-corrected chi connectivity index (χ2v) is 7.93. The zero-order valence-electron chi connectivity index (χ0n) is 18.3. The van der Waals surface area contributed by atoms with E-state index < -0.39 is 35.9 Å². The molecule has 0 aliphatic heterocycles. The van der Waals surface area contributed by atoms with Gasteiger partial charge in [-0.3, -0.25) is 9.59 Å². The Morgan fingerprint density at radius 3 is 1.97 bits per heavy atom. The number of rotatable bonds is 11. The molecule has 32 heavy (non-hydrogen) atoms. The molecule has 0 radical (unpaired) electrons. The number of hydrogen-bond donors (Lipinski definition) is 5. The van der Waals surface area contributed by atoms with Crippen molar-refractivity contribution in [3.05, 3.63) is 65.7 Å². The number of amides is 2. The number of nitrogens with two attached hydrogens (primary N) is 1. The number of phenolic OH excluding ortho intramolecular Hbond substituents is 1. The number of carbonyl (C=O) groups excluding carboxylic acids is 2. The van der Waals surface area contributed by atoms with Crippen molar-refractivity contribution in [2.45, 2.75) is 51.2 Å². The van der Waals surface area contributed by atoms with E-state index in [4.69, 9.17) is 5.73 Å². The third kappa shape index (κ3) is 7.39. The molecule has 0 saturated heterocycles. The van der Waals surface area contributed by atoms with Gasteiger partial charge in [0.1, 0.15) is 17.8 Å². The highest BCUT2D eigenvalue weighted by Gasteiger charge is 2.29. The molecule has 0 aromatic heterocycles. The molecule has 0 bridgehead atoms. The van der Waals surface area contributed by atoms with Crippen molar-refractivity contribution in [3.63, 3.8) is 0 Å². The monoisotopic (exact) mass is 441 g/mol. The van der Waals surface area contributed by atoms with Crippen LogP contribution in [0, 0.1) is 5.92 Å². The van der Waals surface area contributed by atoms with Crippen molar-refractivity contribution >= 4 is 17.8 Å². The summed E-state index contributed by atoms with van der Waals surface area (Å²) < 4.78 is 0. The maximum absolute atomic E-state index is 13.0. The lowest BCUT2D eigenvalue weighted by Gasteiger charge is -2.24. The summed E-state index contributed by atoms with van der Waals surface area (Å²) in [4.78, 5) is 37.4. The number of carboxylic acids is 1. The quantitative estimate of drug-likeness (QED) is 0.359. The molecule has 2 aromatic carbocycles. The van der Waals surface area contributed by atoms with Gasteiger partial charge >= 0.3 is 5.97 Å². The summed E-state index contributed by atoms with van der Waals surface area (Å²) in [5.41, 5.74) is 7.47. The standard InChI is InChI=1S/C24H31N3O5/c1-3-15(2)21(25)23(30)26-19(13-16-7-5-4-6-8-16)22(29)27-20(24(31)32)14-17-9-11-18(28)12-10-17/h4-12,15,19-21,28H,3,13-14,25H2,1-2H3,(H,26,30)(H,27,29)(H,31,32). The smallest absolute Gasteiger partial charge is 0.326 e. The molecule has 0 aliphatic carbocycles. The van der Waals surface area contributed by atoms with Crippen LogP contribution in [0.2, 0.25) is 0 Å². The van der Waals surface area contributed by atoms with Gasteiger partial charge in [0, 0.05) is 12.8 Å². The molecule has 0 fully saturated rings. The predicted molar refractivity (Wildman–Crippen MR) is 121 cm³/mol. The average Bonchev–Trinajstić information content (AvgIpc) is 2.78. The molecule has 0 aliphatic rings. The van der Waals surface area contributed by atoms with Crippen molar-refractivity contribution < 1.29 is 24.6 Å². The molecule has 0 heterocycles. The van der Waals surface area contributed by atoms with Crippen LogP contribution in [0.1, 0.15) is 31.4 Å². The minimum Gasteiger partial charge on any atom is -0.508 e. The first-order valence-electron chi connectivity index (χ1n) is 10.6. The SMILES string of the molecule is CCC(C)C(N)C(=O)NC(Cc1ccccc1)C(=O)NC(Cc1ccc(O)cc1)C(=O)O. The number of nitrogens with one attached hydrogen (secondary N) is 2. The molecule has 2 rings (SSSR count). The van der Waals surface area contributed by atoms with Crippen molar-refractivity contribution in [1.29, 1.82) is 0 Å². The number of carbonyl (C=O) groups is 3. The summed E-state index contributed by atoms with van der Waals surface area (Å²) in [5.74, 6) is -2.28. The number of aromatic hydroxyl groups is 1. The lowest BCUT2D eigenvalue weighted by atomic mass is 9.98. The Balaban J connectivity index is 2.17. The summed E-state index contributed by atoms with van der Waals surface area (Å²) >= 11 is 0. The van der Waals surface area contributed by atoms with Gasteiger partial charge in [-0.05, 0) is 29.2 Å². The van der Waals surface area contributed by atoms with Crippen molar-refractivity contribution in [2.75, 3.05) is 0 Å². The lowest BCUT2D eigenvalue weighted by Crippen LogP contribution is -2.56. The van der Waals surface area contributed by atoms with E-state index >= 15 is 0 Å². The maximum atomic E-state index is 13.0. The third-order valence-corrected chi connectivity index (χ3v) is 5.47. The largest absolute Gasteiger partial charge is 0.508 e. The summed E-state index contributed by atoms with van der Waals surface area (Å²) in [5, 5.41) is 24.2. The van der Waals surface area contributed by atoms with Gasteiger partial charge in [-0.25, -0.2) is 4.79 Å². The van der Waals surface area contributed by atoms with Crippen LogP contribution in [0.4, 0.5) is 0 Å². The molecule has 4 atom stereocenters. The maximum Gasteiger partial charge on any atom is 0.326 e. The van der Waals surface area contributed by atoms with Gasteiger partial charge in [-0.2, -0.15) is 0 Å². The number of hydrogen-bond acceptors (Lipinski definition) is 5. The molecular formula is C24H31N3O5. The fourth-order valence-electron chi connectivity index (χ4n) is 3.18. The third-order valence-electron chi connectivity index (χ3n) is 5.47. The molecular weight excluding hydrogens is 410 g/mol. The molecule has 6 N–H and O–H groups in total. The van der Waals surface area contributed by atoms with Crippen LogP contribution < -0.4 is 16.4 Å². The van der Waals surface area contributed by atoms with Crippen LogP contribution in [0.5, 0.6) is 5.75 Å². The van der Waals surface area contributed by atoms with Gasteiger partial charge in [0.05, 0.1) is 6.04 Å². The lowest BCUT2D eigenvalue weighted by molar-refractivity contribution is -0.142. The van der Waals surface area contributed by atoms with Crippen LogP contribution in [0.3, 0.4) is 0 Å². The molecule has 0 saturated carbocycles. The van der Waals surface area contributed by atoms with E-state index in [1.54, 1.807) is 12.1 Å². The van der Waals surface area contributed by atoms with Crippen LogP contribution in [0.15, 0.2) is 54.6 Å². The zero-order chi connectivity index (χ0) is 23.7. The van der Waals surface area contributed by atoms with Gasteiger partial charge < -0.3 is 26.6 Å². The molecule has 0 spiro atoms. The topological polar surface area (TPSA) is 142 Å². The van der Waals surface area contributed by atoms with E-state index in [0.717, 1.165) is 5.56 Å².